The van der Waals surface area contributed by atoms with Gasteiger partial charge in [-0.3, -0.25) is 14.4 Å². The van der Waals surface area contributed by atoms with Gasteiger partial charge in [0.1, 0.15) is 5.75 Å². The average molecular weight is 494 g/mol. The SMILES string of the molecule is CCN(CC)C(=O)CC(C(=O)/C=C/c1ccc(CO)c(CO)c1)C(=O)/C=C/c1ccc(C)c(OC)c1. The molecular weight excluding hydrogens is 458 g/mol. The molecule has 0 aliphatic carbocycles. The number of carbonyl (C=O) groups excluding carboxylic acids is 3. The van der Waals surface area contributed by atoms with Crippen molar-refractivity contribution in [3.63, 3.8) is 0 Å². The van der Waals surface area contributed by atoms with E-state index in [-0.39, 0.29) is 25.5 Å². The second kappa shape index (κ2) is 14.1. The molecule has 0 aromatic heterocycles. The molecule has 1 amide bonds. The number of aliphatic hydroxyl groups excluding tert-OH is 2. The Kier molecular flexibility index (Phi) is 11.2. The Balaban J connectivity index is 2.31. The summed E-state index contributed by atoms with van der Waals surface area (Å²) in [6, 6.07) is 10.6. The van der Waals surface area contributed by atoms with Crippen molar-refractivity contribution in [2.75, 3.05) is 20.2 Å². The number of amides is 1. The zero-order chi connectivity index (χ0) is 26.7. The molecule has 1 unspecified atom stereocenters. The lowest BCUT2D eigenvalue weighted by Gasteiger charge is -2.20. The minimum Gasteiger partial charge on any atom is -0.496 e. The van der Waals surface area contributed by atoms with Crippen LogP contribution in [0, 0.1) is 12.8 Å². The second-order valence-electron chi connectivity index (χ2n) is 8.37. The Hall–Kier alpha value is -3.55. The van der Waals surface area contributed by atoms with Gasteiger partial charge in [0.25, 0.3) is 0 Å². The first-order valence-electron chi connectivity index (χ1n) is 12.0. The van der Waals surface area contributed by atoms with Crippen molar-refractivity contribution in [2.24, 2.45) is 5.92 Å². The Morgan fingerprint density at radius 2 is 1.44 bits per heavy atom. The number of ketones is 2. The van der Waals surface area contributed by atoms with Crippen LogP contribution in [-0.2, 0) is 27.6 Å². The van der Waals surface area contributed by atoms with Gasteiger partial charge in [0, 0.05) is 19.5 Å². The van der Waals surface area contributed by atoms with Crippen LogP contribution in [0.4, 0.5) is 0 Å². The molecule has 0 saturated carbocycles. The molecular formula is C29H35NO6. The highest BCUT2D eigenvalue weighted by Crippen LogP contribution is 2.21. The molecule has 36 heavy (non-hydrogen) atoms. The summed E-state index contributed by atoms with van der Waals surface area (Å²) in [6.07, 6.45) is 5.54. The third kappa shape index (κ3) is 7.73. The number of nitrogens with zero attached hydrogens (tertiary/aromatic N) is 1. The van der Waals surface area contributed by atoms with E-state index in [1.807, 2.05) is 32.9 Å². The summed E-state index contributed by atoms with van der Waals surface area (Å²) < 4.78 is 5.33. The number of hydrogen-bond acceptors (Lipinski definition) is 6. The van der Waals surface area contributed by atoms with Crippen molar-refractivity contribution in [2.45, 2.75) is 40.4 Å². The van der Waals surface area contributed by atoms with Crippen LogP contribution in [0.3, 0.4) is 0 Å². The van der Waals surface area contributed by atoms with Crippen molar-refractivity contribution >= 4 is 29.6 Å². The maximum atomic E-state index is 13.1. The lowest BCUT2D eigenvalue weighted by Crippen LogP contribution is -2.35. The van der Waals surface area contributed by atoms with E-state index in [0.717, 1.165) is 11.1 Å². The van der Waals surface area contributed by atoms with Crippen LogP contribution in [-0.4, -0.2) is 52.8 Å². The lowest BCUT2D eigenvalue weighted by molar-refractivity contribution is -0.137. The molecule has 0 heterocycles. The average Bonchev–Trinajstić information content (AvgIpc) is 2.90. The van der Waals surface area contributed by atoms with Crippen LogP contribution in [0.15, 0.2) is 48.6 Å². The van der Waals surface area contributed by atoms with Gasteiger partial charge in [-0.1, -0.05) is 36.4 Å². The van der Waals surface area contributed by atoms with Crippen molar-refractivity contribution in [3.8, 4) is 5.75 Å². The van der Waals surface area contributed by atoms with Crippen molar-refractivity contribution in [1.29, 1.82) is 0 Å². The summed E-state index contributed by atoms with van der Waals surface area (Å²) in [5.41, 5.74) is 3.47. The molecule has 0 aliphatic rings. The molecule has 1 atom stereocenters. The summed E-state index contributed by atoms with van der Waals surface area (Å²) in [6.45, 7) is 6.12. The predicted octanol–water partition coefficient (Wildman–Crippen LogP) is 3.73. The maximum Gasteiger partial charge on any atom is 0.223 e. The van der Waals surface area contributed by atoms with Gasteiger partial charge in [0.2, 0.25) is 5.91 Å². The highest BCUT2D eigenvalue weighted by molar-refractivity contribution is 6.15. The summed E-state index contributed by atoms with van der Waals surface area (Å²) in [5.74, 6) is -1.68. The monoisotopic (exact) mass is 493 g/mol. The van der Waals surface area contributed by atoms with Gasteiger partial charge < -0.3 is 19.8 Å². The summed E-state index contributed by atoms with van der Waals surface area (Å²) >= 11 is 0. The molecule has 0 aliphatic heterocycles. The smallest absolute Gasteiger partial charge is 0.223 e. The Labute approximate surface area is 212 Å². The van der Waals surface area contributed by atoms with Crippen molar-refractivity contribution in [1.82, 2.24) is 4.90 Å². The number of allylic oxidation sites excluding steroid dienone is 2. The predicted molar refractivity (Wildman–Crippen MR) is 140 cm³/mol. The molecule has 0 spiro atoms. The van der Waals surface area contributed by atoms with E-state index in [0.29, 0.717) is 35.5 Å². The van der Waals surface area contributed by atoms with Crippen LogP contribution in [0.5, 0.6) is 5.75 Å². The fourth-order valence-electron chi connectivity index (χ4n) is 3.80. The van der Waals surface area contributed by atoms with E-state index in [1.165, 1.54) is 12.2 Å². The molecule has 192 valence electrons. The Morgan fingerprint density at radius 3 is 1.97 bits per heavy atom. The molecule has 0 bridgehead atoms. The number of aryl methyl sites for hydroxylation is 1. The first kappa shape index (κ1) is 28.7. The van der Waals surface area contributed by atoms with Crippen molar-refractivity contribution < 1.29 is 29.3 Å². The van der Waals surface area contributed by atoms with E-state index in [1.54, 1.807) is 48.4 Å². The maximum absolute atomic E-state index is 13.1. The number of aliphatic hydroxyl groups is 2. The molecule has 0 radical (unpaired) electrons. The van der Waals surface area contributed by atoms with Crippen LogP contribution in [0.2, 0.25) is 0 Å². The number of benzene rings is 2. The van der Waals surface area contributed by atoms with Crippen molar-refractivity contribution in [3.05, 3.63) is 76.4 Å². The molecule has 0 saturated heterocycles. The van der Waals surface area contributed by atoms with E-state index < -0.39 is 17.5 Å². The largest absolute Gasteiger partial charge is 0.496 e. The fourth-order valence-corrected chi connectivity index (χ4v) is 3.80. The number of ether oxygens (including phenoxy) is 1. The summed E-state index contributed by atoms with van der Waals surface area (Å²) in [5, 5.41) is 18.9. The number of carbonyl (C=O) groups is 3. The first-order valence-corrected chi connectivity index (χ1v) is 12.0. The topological polar surface area (TPSA) is 104 Å². The van der Waals surface area contributed by atoms with E-state index in [9.17, 15) is 24.6 Å². The Morgan fingerprint density at radius 1 is 0.889 bits per heavy atom. The Bertz CT molecular complexity index is 1130. The van der Waals surface area contributed by atoms with Crippen LogP contribution in [0.25, 0.3) is 12.2 Å². The van der Waals surface area contributed by atoms with E-state index in [2.05, 4.69) is 0 Å². The van der Waals surface area contributed by atoms with Gasteiger partial charge in [-0.2, -0.15) is 0 Å². The van der Waals surface area contributed by atoms with E-state index >= 15 is 0 Å². The summed E-state index contributed by atoms with van der Waals surface area (Å²) in [4.78, 5) is 40.6. The quantitative estimate of drug-likeness (QED) is 0.326. The first-order chi connectivity index (χ1) is 17.3. The normalized spacial score (nSPS) is 12.2. The summed E-state index contributed by atoms with van der Waals surface area (Å²) in [7, 11) is 1.57. The van der Waals surface area contributed by atoms with Crippen LogP contribution >= 0.6 is 0 Å². The third-order valence-electron chi connectivity index (χ3n) is 6.07. The molecule has 2 N–H and O–H groups in total. The van der Waals surface area contributed by atoms with Crippen LogP contribution in [0.1, 0.15) is 48.1 Å². The minimum absolute atomic E-state index is 0.206. The van der Waals surface area contributed by atoms with Gasteiger partial charge in [0.05, 0.1) is 26.2 Å². The number of rotatable bonds is 13. The zero-order valence-electron chi connectivity index (χ0n) is 21.4. The highest BCUT2D eigenvalue weighted by Gasteiger charge is 2.27. The van der Waals surface area contributed by atoms with Gasteiger partial charge in [-0.15, -0.1) is 0 Å². The van der Waals surface area contributed by atoms with Crippen LogP contribution < -0.4 is 4.74 Å². The molecule has 2 rings (SSSR count). The van der Waals surface area contributed by atoms with Gasteiger partial charge in [-0.25, -0.2) is 0 Å². The minimum atomic E-state index is -1.16. The van der Waals surface area contributed by atoms with Gasteiger partial charge >= 0.3 is 0 Å². The van der Waals surface area contributed by atoms with Gasteiger partial charge in [-0.05, 0) is 72.9 Å². The lowest BCUT2D eigenvalue weighted by atomic mass is 9.92. The van der Waals surface area contributed by atoms with E-state index in [4.69, 9.17) is 4.74 Å². The standard InChI is InChI=1S/C29H35NO6/c1-5-30(6-2)29(35)17-25(27(34)14-11-22-8-7-20(3)28(16-22)36-4)26(33)13-10-21-9-12-23(18-31)24(15-21)19-32/h7-16,25,31-32H,5-6,17-19H2,1-4H3/b13-10+,14-11+. The third-order valence-corrected chi connectivity index (χ3v) is 6.07. The van der Waals surface area contributed by atoms with Gasteiger partial charge in [0.15, 0.2) is 11.6 Å². The molecule has 2 aromatic carbocycles. The molecule has 2 aromatic rings. The zero-order valence-corrected chi connectivity index (χ0v) is 21.4. The number of hydrogen-bond donors (Lipinski definition) is 2. The molecule has 7 heteroatoms. The fraction of sp³-hybridized carbons (Fsp3) is 0.345. The molecule has 0 fully saturated rings. The highest BCUT2D eigenvalue weighted by atomic mass is 16.5. The molecule has 7 nitrogen and oxygen atoms in total. The number of methoxy groups -OCH3 is 1. The second-order valence-corrected chi connectivity index (χ2v) is 8.37.